The van der Waals surface area contributed by atoms with Crippen LogP contribution < -0.4 is 11.1 Å². The molecule has 1 atom stereocenters. The number of rotatable bonds is 5. The molecule has 1 rings (SSSR count). The molecule has 0 aromatic carbocycles. The van der Waals surface area contributed by atoms with Gasteiger partial charge in [-0.25, -0.2) is 0 Å². The summed E-state index contributed by atoms with van der Waals surface area (Å²) in [6.07, 6.45) is 2.13. The van der Waals surface area contributed by atoms with Gasteiger partial charge in [-0.15, -0.1) is 0 Å². The fraction of sp³-hybridized carbons (Fsp3) is 0.600. The first kappa shape index (κ1) is 12.5. The predicted molar refractivity (Wildman–Crippen MR) is 60.9 cm³/mol. The average Bonchev–Trinajstić information content (AvgIpc) is 2.67. The SMILES string of the molecule is CC[C@@H](CO)NC(=O)c1c(N)cnn1CC. The van der Waals surface area contributed by atoms with Crippen molar-refractivity contribution in [3.05, 3.63) is 11.9 Å². The second-order valence-corrected chi connectivity index (χ2v) is 3.53. The molecule has 4 N–H and O–H groups in total. The summed E-state index contributed by atoms with van der Waals surface area (Å²) in [5.41, 5.74) is 6.38. The van der Waals surface area contributed by atoms with Crippen LogP contribution in [0.5, 0.6) is 0 Å². The van der Waals surface area contributed by atoms with Crippen molar-refractivity contribution in [2.24, 2.45) is 0 Å². The molecule has 0 aliphatic rings. The van der Waals surface area contributed by atoms with Crippen LogP contribution in [0.15, 0.2) is 6.20 Å². The molecule has 6 nitrogen and oxygen atoms in total. The molecule has 0 unspecified atom stereocenters. The van der Waals surface area contributed by atoms with Gasteiger partial charge in [0.1, 0.15) is 5.69 Å². The number of nitrogens with one attached hydrogen (secondary N) is 1. The number of aliphatic hydroxyl groups excluding tert-OH is 1. The molecule has 6 heteroatoms. The molecule has 1 aromatic heterocycles. The molecule has 90 valence electrons. The normalized spacial score (nSPS) is 12.4. The van der Waals surface area contributed by atoms with Crippen molar-refractivity contribution in [1.82, 2.24) is 15.1 Å². The maximum Gasteiger partial charge on any atom is 0.271 e. The van der Waals surface area contributed by atoms with Crippen LogP contribution in [0.2, 0.25) is 0 Å². The van der Waals surface area contributed by atoms with E-state index in [1.807, 2.05) is 13.8 Å². The standard InChI is InChI=1S/C10H18N4O2/c1-3-7(6-15)13-10(16)9-8(11)5-12-14(9)4-2/h5,7,15H,3-4,6,11H2,1-2H3,(H,13,16)/t7-/m0/s1. The molecule has 0 radical (unpaired) electrons. The van der Waals surface area contributed by atoms with Crippen LogP contribution >= 0.6 is 0 Å². The first-order valence-corrected chi connectivity index (χ1v) is 5.37. The van der Waals surface area contributed by atoms with E-state index in [-0.39, 0.29) is 18.6 Å². The van der Waals surface area contributed by atoms with Gasteiger partial charge in [0.2, 0.25) is 0 Å². The second kappa shape index (κ2) is 5.50. The smallest absolute Gasteiger partial charge is 0.271 e. The summed E-state index contributed by atoms with van der Waals surface area (Å²) in [4.78, 5) is 11.9. The lowest BCUT2D eigenvalue weighted by molar-refractivity contribution is 0.0905. The molecule has 0 saturated heterocycles. The first-order chi connectivity index (χ1) is 7.63. The largest absolute Gasteiger partial charge is 0.396 e. The number of carbonyl (C=O) groups excluding carboxylic acids is 1. The first-order valence-electron chi connectivity index (χ1n) is 5.37. The summed E-state index contributed by atoms with van der Waals surface area (Å²) in [7, 11) is 0. The zero-order valence-corrected chi connectivity index (χ0v) is 9.60. The third-order valence-electron chi connectivity index (χ3n) is 2.43. The Hall–Kier alpha value is -1.56. The van der Waals surface area contributed by atoms with E-state index in [1.54, 1.807) is 0 Å². The van der Waals surface area contributed by atoms with Crippen molar-refractivity contribution < 1.29 is 9.90 Å². The van der Waals surface area contributed by atoms with Crippen LogP contribution in [0.25, 0.3) is 0 Å². The Labute approximate surface area is 94.4 Å². The highest BCUT2D eigenvalue weighted by molar-refractivity contribution is 5.97. The number of carbonyl (C=O) groups is 1. The number of hydrogen-bond donors (Lipinski definition) is 3. The molecule has 0 aliphatic carbocycles. The summed E-state index contributed by atoms with van der Waals surface area (Å²) < 4.78 is 1.54. The Morgan fingerprint density at radius 3 is 2.88 bits per heavy atom. The van der Waals surface area contributed by atoms with Gasteiger partial charge >= 0.3 is 0 Å². The maximum absolute atomic E-state index is 11.9. The maximum atomic E-state index is 11.9. The minimum Gasteiger partial charge on any atom is -0.396 e. The summed E-state index contributed by atoms with van der Waals surface area (Å²) in [5, 5.41) is 15.7. The number of nitrogens with zero attached hydrogens (tertiary/aromatic N) is 2. The highest BCUT2D eigenvalue weighted by Crippen LogP contribution is 2.10. The zero-order valence-electron chi connectivity index (χ0n) is 9.60. The lowest BCUT2D eigenvalue weighted by Gasteiger charge is -2.14. The molecule has 0 spiro atoms. The predicted octanol–water partition coefficient (Wildman–Crippen LogP) is -0.0141. The lowest BCUT2D eigenvalue weighted by atomic mass is 10.2. The Morgan fingerprint density at radius 1 is 1.69 bits per heavy atom. The van der Waals surface area contributed by atoms with Crippen LogP contribution in [-0.2, 0) is 6.54 Å². The van der Waals surface area contributed by atoms with Crippen LogP contribution in [0, 0.1) is 0 Å². The van der Waals surface area contributed by atoms with Gasteiger partial charge in [-0.3, -0.25) is 9.48 Å². The molecule has 0 aliphatic heterocycles. The molecular formula is C10H18N4O2. The quantitative estimate of drug-likeness (QED) is 0.658. The second-order valence-electron chi connectivity index (χ2n) is 3.53. The van der Waals surface area contributed by atoms with Crippen molar-refractivity contribution in [3.63, 3.8) is 0 Å². The number of nitrogens with two attached hydrogens (primary N) is 1. The Kier molecular flexibility index (Phi) is 4.30. The topological polar surface area (TPSA) is 93.2 Å². The number of hydrogen-bond acceptors (Lipinski definition) is 4. The van der Waals surface area contributed by atoms with E-state index in [0.29, 0.717) is 24.3 Å². The summed E-state index contributed by atoms with van der Waals surface area (Å²) in [5.74, 6) is -0.294. The van der Waals surface area contributed by atoms with Gasteiger partial charge in [-0.2, -0.15) is 5.10 Å². The van der Waals surface area contributed by atoms with Crippen LogP contribution in [0.1, 0.15) is 30.8 Å². The Bertz CT molecular complexity index is 358. The van der Waals surface area contributed by atoms with Crippen molar-refractivity contribution >= 4 is 11.6 Å². The summed E-state index contributed by atoms with van der Waals surface area (Å²) >= 11 is 0. The highest BCUT2D eigenvalue weighted by atomic mass is 16.3. The van der Waals surface area contributed by atoms with Gasteiger partial charge in [0.05, 0.1) is 24.5 Å². The van der Waals surface area contributed by atoms with Crippen molar-refractivity contribution in [3.8, 4) is 0 Å². The fourth-order valence-corrected chi connectivity index (χ4v) is 1.42. The number of anilines is 1. The number of aliphatic hydroxyl groups is 1. The van der Waals surface area contributed by atoms with Gasteiger partial charge in [0, 0.05) is 6.54 Å². The molecule has 0 fully saturated rings. The molecule has 1 heterocycles. The Morgan fingerprint density at radius 2 is 2.38 bits per heavy atom. The van der Waals surface area contributed by atoms with E-state index in [4.69, 9.17) is 10.8 Å². The van der Waals surface area contributed by atoms with Crippen molar-refractivity contribution in [2.45, 2.75) is 32.9 Å². The monoisotopic (exact) mass is 226 g/mol. The van der Waals surface area contributed by atoms with E-state index in [1.165, 1.54) is 10.9 Å². The van der Waals surface area contributed by atoms with Crippen LogP contribution in [0.3, 0.4) is 0 Å². The molecular weight excluding hydrogens is 208 g/mol. The zero-order chi connectivity index (χ0) is 12.1. The fourth-order valence-electron chi connectivity index (χ4n) is 1.42. The Balaban J connectivity index is 2.83. The average molecular weight is 226 g/mol. The summed E-state index contributed by atoms with van der Waals surface area (Å²) in [6.45, 7) is 4.27. The third kappa shape index (κ3) is 2.52. The van der Waals surface area contributed by atoms with E-state index in [0.717, 1.165) is 0 Å². The minimum atomic E-state index is -0.294. The van der Waals surface area contributed by atoms with E-state index in [2.05, 4.69) is 10.4 Å². The van der Waals surface area contributed by atoms with Crippen molar-refractivity contribution in [1.29, 1.82) is 0 Å². The van der Waals surface area contributed by atoms with Crippen molar-refractivity contribution in [2.75, 3.05) is 12.3 Å². The number of nitrogen functional groups attached to an aromatic ring is 1. The molecule has 1 aromatic rings. The van der Waals surface area contributed by atoms with Crippen LogP contribution in [-0.4, -0.2) is 33.4 Å². The minimum absolute atomic E-state index is 0.0809. The third-order valence-corrected chi connectivity index (χ3v) is 2.43. The van der Waals surface area contributed by atoms with Crippen LogP contribution in [0.4, 0.5) is 5.69 Å². The van der Waals surface area contributed by atoms with E-state index >= 15 is 0 Å². The van der Waals surface area contributed by atoms with Gasteiger partial charge in [0.15, 0.2) is 0 Å². The lowest BCUT2D eigenvalue weighted by Crippen LogP contribution is -2.38. The number of amides is 1. The van der Waals surface area contributed by atoms with Gasteiger partial charge < -0.3 is 16.2 Å². The van der Waals surface area contributed by atoms with Gasteiger partial charge in [0.25, 0.3) is 5.91 Å². The molecule has 1 amide bonds. The molecule has 0 saturated carbocycles. The highest BCUT2D eigenvalue weighted by Gasteiger charge is 2.18. The summed E-state index contributed by atoms with van der Waals surface area (Å²) in [6, 6.07) is -0.243. The number of aromatic nitrogens is 2. The molecule has 0 bridgehead atoms. The number of aryl methyl sites for hydroxylation is 1. The molecule has 16 heavy (non-hydrogen) atoms. The van der Waals surface area contributed by atoms with Gasteiger partial charge in [-0.05, 0) is 13.3 Å². The van der Waals surface area contributed by atoms with E-state index < -0.39 is 0 Å². The van der Waals surface area contributed by atoms with Gasteiger partial charge in [-0.1, -0.05) is 6.92 Å². The van der Waals surface area contributed by atoms with E-state index in [9.17, 15) is 4.79 Å².